The van der Waals surface area contributed by atoms with Gasteiger partial charge in [0.15, 0.2) is 10.9 Å². The summed E-state index contributed by atoms with van der Waals surface area (Å²) in [6, 6.07) is 16.7. The number of aliphatic imine (C=N–C) groups is 1. The molecule has 37 heavy (non-hydrogen) atoms. The molecule has 1 saturated heterocycles. The van der Waals surface area contributed by atoms with Crippen molar-refractivity contribution in [2.45, 2.75) is 13.5 Å². The van der Waals surface area contributed by atoms with Crippen LogP contribution in [-0.2, 0) is 11.4 Å². The smallest absolute Gasteiger partial charge is 0.269 e. The predicted molar refractivity (Wildman–Crippen MR) is 147 cm³/mol. The van der Waals surface area contributed by atoms with Gasteiger partial charge < -0.3 is 9.47 Å². The molecular weight excluding hydrogens is 537 g/mol. The number of nitrogens with zero attached hydrogens (tertiary/aromatic N) is 3. The van der Waals surface area contributed by atoms with E-state index < -0.39 is 4.92 Å². The second kappa shape index (κ2) is 11.7. The number of hydrogen-bond acceptors (Lipinski definition) is 7. The third-order valence-corrected chi connectivity index (χ3v) is 6.89. The summed E-state index contributed by atoms with van der Waals surface area (Å²) in [5.74, 6) is 0.802. The Morgan fingerprint density at radius 1 is 1.11 bits per heavy atom. The Morgan fingerprint density at radius 2 is 1.81 bits per heavy atom. The minimum atomic E-state index is -0.471. The van der Waals surface area contributed by atoms with Gasteiger partial charge in [-0.25, -0.2) is 4.99 Å². The fourth-order valence-electron chi connectivity index (χ4n) is 3.50. The Bertz CT molecular complexity index is 1390. The van der Waals surface area contributed by atoms with Crippen LogP contribution in [0.3, 0.4) is 0 Å². The van der Waals surface area contributed by atoms with E-state index in [-0.39, 0.29) is 34.0 Å². The zero-order chi connectivity index (χ0) is 26.5. The lowest BCUT2D eigenvalue weighted by molar-refractivity contribution is -0.384. The molecule has 1 aliphatic heterocycles. The van der Waals surface area contributed by atoms with Crippen LogP contribution in [0.15, 0.2) is 70.6 Å². The fraction of sp³-hybridized carbons (Fsp3) is 0.154. The van der Waals surface area contributed by atoms with Crippen LogP contribution in [0, 0.1) is 10.1 Å². The van der Waals surface area contributed by atoms with Crippen molar-refractivity contribution in [3.8, 4) is 11.5 Å². The zero-order valence-corrected chi connectivity index (χ0v) is 22.1. The molecule has 190 valence electrons. The van der Waals surface area contributed by atoms with Gasteiger partial charge >= 0.3 is 0 Å². The Hall–Kier alpha value is -3.53. The Kier molecular flexibility index (Phi) is 8.38. The lowest BCUT2D eigenvalue weighted by Crippen LogP contribution is -2.28. The van der Waals surface area contributed by atoms with Crippen molar-refractivity contribution in [1.29, 1.82) is 0 Å². The SMILES string of the molecule is CCN1C(=O)/C(=C\c2cc(Cl)c(OCc3cccc([N+](=O)[O-])c3)c(Cl)c2)SC1=Nc1ccc(OC)cc1. The number of rotatable bonds is 8. The maximum absolute atomic E-state index is 13.0. The van der Waals surface area contributed by atoms with E-state index in [4.69, 9.17) is 32.7 Å². The third kappa shape index (κ3) is 6.25. The van der Waals surface area contributed by atoms with Crippen LogP contribution in [0.2, 0.25) is 10.0 Å². The monoisotopic (exact) mass is 557 g/mol. The Labute approximate surface area is 227 Å². The second-order valence-electron chi connectivity index (χ2n) is 7.78. The summed E-state index contributed by atoms with van der Waals surface area (Å²) in [5.41, 5.74) is 1.89. The van der Waals surface area contributed by atoms with E-state index in [0.717, 1.165) is 5.75 Å². The van der Waals surface area contributed by atoms with Crippen molar-refractivity contribution >= 4 is 63.5 Å². The number of hydrogen-bond donors (Lipinski definition) is 0. The molecule has 1 heterocycles. The van der Waals surface area contributed by atoms with Crippen molar-refractivity contribution in [2.24, 2.45) is 4.99 Å². The van der Waals surface area contributed by atoms with E-state index in [9.17, 15) is 14.9 Å². The summed E-state index contributed by atoms with van der Waals surface area (Å²) in [7, 11) is 1.59. The zero-order valence-electron chi connectivity index (χ0n) is 19.8. The van der Waals surface area contributed by atoms with Crippen LogP contribution >= 0.6 is 35.0 Å². The van der Waals surface area contributed by atoms with Crippen LogP contribution in [-0.4, -0.2) is 34.6 Å². The molecule has 3 aromatic rings. The van der Waals surface area contributed by atoms with Gasteiger partial charge in [-0.1, -0.05) is 35.3 Å². The fourth-order valence-corrected chi connectivity index (χ4v) is 5.18. The third-order valence-electron chi connectivity index (χ3n) is 5.32. The number of thioether (sulfide) groups is 1. The molecule has 0 aromatic heterocycles. The number of nitro groups is 1. The van der Waals surface area contributed by atoms with Crippen molar-refractivity contribution in [3.05, 3.63) is 96.9 Å². The molecule has 0 aliphatic carbocycles. The van der Waals surface area contributed by atoms with Gasteiger partial charge in [0, 0.05) is 18.7 Å². The lowest BCUT2D eigenvalue weighted by Gasteiger charge is -2.12. The molecule has 3 aromatic carbocycles. The molecule has 0 radical (unpaired) electrons. The minimum Gasteiger partial charge on any atom is -0.497 e. The first-order chi connectivity index (χ1) is 17.8. The quantitative estimate of drug-likeness (QED) is 0.166. The van der Waals surface area contributed by atoms with E-state index >= 15 is 0 Å². The van der Waals surface area contributed by atoms with Gasteiger partial charge in [0.2, 0.25) is 0 Å². The molecule has 1 aliphatic rings. The normalized spacial score (nSPS) is 15.5. The van der Waals surface area contributed by atoms with Crippen molar-refractivity contribution in [2.75, 3.05) is 13.7 Å². The van der Waals surface area contributed by atoms with Gasteiger partial charge in [0.25, 0.3) is 11.6 Å². The maximum atomic E-state index is 13.0. The largest absolute Gasteiger partial charge is 0.497 e. The van der Waals surface area contributed by atoms with Crippen LogP contribution in [0.5, 0.6) is 11.5 Å². The molecule has 11 heteroatoms. The van der Waals surface area contributed by atoms with Crippen LogP contribution in [0.25, 0.3) is 6.08 Å². The number of non-ortho nitro benzene ring substituents is 1. The minimum absolute atomic E-state index is 0.0324. The Morgan fingerprint density at radius 3 is 2.43 bits per heavy atom. The molecule has 1 fully saturated rings. The van der Waals surface area contributed by atoms with Crippen molar-refractivity contribution in [3.63, 3.8) is 0 Å². The molecule has 0 spiro atoms. The van der Waals surface area contributed by atoms with E-state index in [0.29, 0.717) is 33.4 Å². The molecule has 0 unspecified atom stereocenters. The number of amides is 1. The lowest BCUT2D eigenvalue weighted by atomic mass is 10.2. The number of benzene rings is 3. The summed E-state index contributed by atoms with van der Waals surface area (Å²) in [5, 5.41) is 12.1. The molecule has 0 bridgehead atoms. The number of halogens is 2. The predicted octanol–water partition coefficient (Wildman–Crippen LogP) is 7.11. The van der Waals surface area contributed by atoms with Crippen LogP contribution < -0.4 is 9.47 Å². The van der Waals surface area contributed by atoms with Crippen LogP contribution in [0.4, 0.5) is 11.4 Å². The average molecular weight is 558 g/mol. The number of amidine groups is 1. The molecule has 4 rings (SSSR count). The van der Waals surface area contributed by atoms with E-state index in [1.807, 2.05) is 19.1 Å². The molecule has 0 N–H and O–H groups in total. The highest BCUT2D eigenvalue weighted by atomic mass is 35.5. The number of carbonyl (C=O) groups is 1. The first-order valence-corrected chi connectivity index (χ1v) is 12.7. The second-order valence-corrected chi connectivity index (χ2v) is 9.61. The summed E-state index contributed by atoms with van der Waals surface area (Å²) >= 11 is 14.1. The summed E-state index contributed by atoms with van der Waals surface area (Å²) < 4.78 is 10.9. The molecule has 1 amide bonds. The van der Waals surface area contributed by atoms with Gasteiger partial charge in [-0.15, -0.1) is 0 Å². The first kappa shape index (κ1) is 26.5. The Balaban J connectivity index is 1.53. The highest BCUT2D eigenvalue weighted by Crippen LogP contribution is 2.38. The highest BCUT2D eigenvalue weighted by Gasteiger charge is 2.32. The van der Waals surface area contributed by atoms with E-state index in [1.165, 1.54) is 23.9 Å². The number of likely N-dealkylation sites (N-methyl/N-ethyl adjacent to an activating group) is 1. The van der Waals surface area contributed by atoms with E-state index in [1.54, 1.807) is 54.5 Å². The standard InChI is InChI=1S/C26H21Cl2N3O5S/c1-3-30-25(32)23(37-26(30)29-18-7-9-20(35-2)10-8-18)14-17-12-21(27)24(22(28)13-17)36-15-16-5-4-6-19(11-16)31(33)34/h4-14H,3,15H2,1-2H3/b23-14+,29-26?. The van der Waals surface area contributed by atoms with Gasteiger partial charge in [-0.05, 0) is 72.3 Å². The number of ether oxygens (including phenoxy) is 2. The number of nitro benzene ring substituents is 1. The van der Waals surface area contributed by atoms with Crippen LogP contribution in [0.1, 0.15) is 18.1 Å². The van der Waals surface area contributed by atoms with Gasteiger partial charge in [0.05, 0.1) is 32.7 Å². The van der Waals surface area contributed by atoms with Crippen molar-refractivity contribution < 1.29 is 19.2 Å². The highest BCUT2D eigenvalue weighted by molar-refractivity contribution is 8.18. The molecule has 0 atom stereocenters. The molecule has 0 saturated carbocycles. The number of methoxy groups -OCH3 is 1. The average Bonchev–Trinajstić information content (AvgIpc) is 3.17. The maximum Gasteiger partial charge on any atom is 0.269 e. The molecule has 8 nitrogen and oxygen atoms in total. The van der Waals surface area contributed by atoms with Crippen molar-refractivity contribution in [1.82, 2.24) is 4.90 Å². The summed E-state index contributed by atoms with van der Waals surface area (Å²) in [6.07, 6.45) is 1.70. The van der Waals surface area contributed by atoms with Gasteiger partial charge in [0.1, 0.15) is 12.4 Å². The summed E-state index contributed by atoms with van der Waals surface area (Å²) in [4.78, 5) is 30.2. The summed E-state index contributed by atoms with van der Waals surface area (Å²) in [6.45, 7) is 2.39. The first-order valence-electron chi connectivity index (χ1n) is 11.1. The number of carbonyl (C=O) groups excluding carboxylic acids is 1. The van der Waals surface area contributed by atoms with Gasteiger partial charge in [-0.2, -0.15) is 0 Å². The van der Waals surface area contributed by atoms with Gasteiger partial charge in [-0.3, -0.25) is 19.8 Å². The molecular formula is C26H21Cl2N3O5S. The topological polar surface area (TPSA) is 94.3 Å². The van der Waals surface area contributed by atoms with E-state index in [2.05, 4.69) is 4.99 Å².